The Morgan fingerprint density at radius 2 is 1.94 bits per heavy atom. The van der Waals surface area contributed by atoms with Gasteiger partial charge in [0.1, 0.15) is 5.75 Å². The fourth-order valence-electron chi connectivity index (χ4n) is 4.08. The lowest BCUT2D eigenvalue weighted by Gasteiger charge is -2.44. The molecule has 4 rings (SSSR count). The van der Waals surface area contributed by atoms with E-state index in [2.05, 4.69) is 27.2 Å². The minimum atomic E-state index is -3.31. The molecule has 1 saturated heterocycles. The van der Waals surface area contributed by atoms with Gasteiger partial charge in [0.2, 0.25) is 15.9 Å². The van der Waals surface area contributed by atoms with E-state index in [1.807, 2.05) is 26.0 Å². The predicted octanol–water partition coefficient (Wildman–Crippen LogP) is 2.81. The number of ether oxygens (including phenoxy) is 1. The van der Waals surface area contributed by atoms with E-state index < -0.39 is 10.0 Å². The maximum atomic E-state index is 12.4. The quantitative estimate of drug-likeness (QED) is 0.552. The Labute approximate surface area is 184 Å². The molecule has 2 aromatic rings. The van der Waals surface area contributed by atoms with Crippen LogP contribution in [0.25, 0.3) is 0 Å². The highest BCUT2D eigenvalue weighted by molar-refractivity contribution is 7.88. The van der Waals surface area contributed by atoms with Crippen LogP contribution in [0, 0.1) is 0 Å². The zero-order valence-corrected chi connectivity index (χ0v) is 19.3. The third kappa shape index (κ3) is 5.64. The number of rotatable bonds is 10. The van der Waals surface area contributed by atoms with Crippen LogP contribution in [-0.4, -0.2) is 65.8 Å². The van der Waals surface area contributed by atoms with Crippen molar-refractivity contribution in [2.24, 2.45) is 0 Å². The molecular weight excluding hydrogens is 416 g/mol. The molecular formula is C22H32N4O4S. The molecule has 2 fully saturated rings. The van der Waals surface area contributed by atoms with Crippen molar-refractivity contribution in [3.05, 3.63) is 41.5 Å². The molecule has 9 heteroatoms. The zero-order chi connectivity index (χ0) is 22.0. The lowest BCUT2D eigenvalue weighted by Crippen LogP contribution is -2.60. The largest absolute Gasteiger partial charge is 0.491 e. The highest BCUT2D eigenvalue weighted by Crippen LogP contribution is 2.35. The zero-order valence-electron chi connectivity index (χ0n) is 18.5. The van der Waals surface area contributed by atoms with Crippen molar-refractivity contribution in [2.75, 3.05) is 25.9 Å². The van der Waals surface area contributed by atoms with Crippen LogP contribution in [0.2, 0.25) is 0 Å². The van der Waals surface area contributed by atoms with Gasteiger partial charge in [0.25, 0.3) is 0 Å². The fraction of sp³-hybridized carbons (Fsp3) is 0.636. The number of benzene rings is 1. The number of hydrogen-bond donors (Lipinski definition) is 0. The second kappa shape index (κ2) is 9.26. The van der Waals surface area contributed by atoms with Gasteiger partial charge in [0, 0.05) is 38.5 Å². The molecule has 0 bridgehead atoms. The number of aromatic nitrogens is 2. The summed E-state index contributed by atoms with van der Waals surface area (Å²) in [6.07, 6.45) is 5.31. The van der Waals surface area contributed by atoms with Gasteiger partial charge in [-0.3, -0.25) is 4.90 Å². The molecule has 31 heavy (non-hydrogen) atoms. The first-order valence-corrected chi connectivity index (χ1v) is 12.9. The van der Waals surface area contributed by atoms with Crippen LogP contribution >= 0.6 is 0 Å². The van der Waals surface area contributed by atoms with E-state index in [0.717, 1.165) is 38.2 Å². The smallest absolute Gasteiger partial charge is 0.229 e. The molecule has 1 aromatic carbocycles. The van der Waals surface area contributed by atoms with Crippen molar-refractivity contribution in [3.8, 4) is 5.75 Å². The van der Waals surface area contributed by atoms with Crippen molar-refractivity contribution >= 4 is 10.0 Å². The van der Waals surface area contributed by atoms with E-state index >= 15 is 0 Å². The van der Waals surface area contributed by atoms with Gasteiger partial charge in [-0.2, -0.15) is 9.29 Å². The maximum Gasteiger partial charge on any atom is 0.229 e. The highest BCUT2D eigenvalue weighted by atomic mass is 32.2. The third-order valence-corrected chi connectivity index (χ3v) is 7.30. The average molecular weight is 449 g/mol. The molecule has 1 aliphatic heterocycles. The minimum absolute atomic E-state index is 0.0171. The van der Waals surface area contributed by atoms with Crippen molar-refractivity contribution in [1.82, 2.24) is 19.3 Å². The van der Waals surface area contributed by atoms with Gasteiger partial charge in [-0.15, -0.1) is 0 Å². The number of sulfonamides is 1. The first-order valence-electron chi connectivity index (χ1n) is 11.0. The number of likely N-dealkylation sites (tertiary alicyclic amines) is 1. The molecule has 8 nitrogen and oxygen atoms in total. The predicted molar refractivity (Wildman–Crippen MR) is 117 cm³/mol. The second-order valence-corrected chi connectivity index (χ2v) is 10.9. The molecule has 2 aliphatic rings. The Morgan fingerprint density at radius 3 is 2.52 bits per heavy atom. The van der Waals surface area contributed by atoms with Crippen molar-refractivity contribution in [2.45, 2.75) is 64.1 Å². The summed E-state index contributed by atoms with van der Waals surface area (Å²) in [7, 11) is -3.31. The highest BCUT2D eigenvalue weighted by Gasteiger charge is 2.36. The normalized spacial score (nSPS) is 18.4. The Morgan fingerprint density at radius 1 is 1.23 bits per heavy atom. The van der Waals surface area contributed by atoms with Crippen molar-refractivity contribution in [1.29, 1.82) is 0 Å². The Kier molecular flexibility index (Phi) is 6.64. The summed E-state index contributed by atoms with van der Waals surface area (Å²) in [6, 6.07) is 8.08. The van der Waals surface area contributed by atoms with Gasteiger partial charge in [-0.25, -0.2) is 8.42 Å². The van der Waals surface area contributed by atoms with Crippen LogP contribution in [0.3, 0.4) is 0 Å². The van der Waals surface area contributed by atoms with E-state index in [9.17, 15) is 8.42 Å². The van der Waals surface area contributed by atoms with Crippen LogP contribution in [0.15, 0.2) is 28.8 Å². The van der Waals surface area contributed by atoms with E-state index in [4.69, 9.17) is 9.26 Å². The molecule has 1 saturated carbocycles. The first-order chi connectivity index (χ1) is 14.8. The molecule has 170 valence electrons. The molecule has 0 radical (unpaired) electrons. The van der Waals surface area contributed by atoms with Crippen molar-refractivity contribution < 1.29 is 17.7 Å². The van der Waals surface area contributed by atoms with E-state index in [-0.39, 0.29) is 12.1 Å². The lowest BCUT2D eigenvalue weighted by atomic mass is 9.85. The first kappa shape index (κ1) is 22.2. The fourth-order valence-corrected chi connectivity index (χ4v) is 5.17. The molecule has 0 unspecified atom stereocenters. The van der Waals surface area contributed by atoms with Crippen LogP contribution in [0.5, 0.6) is 5.75 Å². The Balaban J connectivity index is 1.28. The van der Waals surface area contributed by atoms with Gasteiger partial charge >= 0.3 is 0 Å². The number of hydrogen-bond acceptors (Lipinski definition) is 7. The summed E-state index contributed by atoms with van der Waals surface area (Å²) in [6.45, 7) is 6.63. The molecule has 1 aromatic heterocycles. The van der Waals surface area contributed by atoms with Crippen molar-refractivity contribution in [3.63, 3.8) is 0 Å². The van der Waals surface area contributed by atoms with Crippen LogP contribution in [0.1, 0.15) is 56.3 Å². The van der Waals surface area contributed by atoms with E-state index in [0.29, 0.717) is 30.6 Å². The van der Waals surface area contributed by atoms with Crippen LogP contribution < -0.4 is 4.74 Å². The minimum Gasteiger partial charge on any atom is -0.491 e. The second-order valence-electron chi connectivity index (χ2n) is 8.96. The maximum absolute atomic E-state index is 12.4. The summed E-state index contributed by atoms with van der Waals surface area (Å²) >= 11 is 0. The molecule has 0 amide bonds. The molecule has 0 spiro atoms. The monoisotopic (exact) mass is 448 g/mol. The summed E-state index contributed by atoms with van der Waals surface area (Å²) < 4.78 is 37.4. The summed E-state index contributed by atoms with van der Waals surface area (Å²) in [5.41, 5.74) is 1.19. The van der Waals surface area contributed by atoms with Gasteiger partial charge in [0.15, 0.2) is 5.82 Å². The molecule has 2 heterocycles. The average Bonchev–Trinajstić information content (AvgIpc) is 3.06. The van der Waals surface area contributed by atoms with Gasteiger partial charge in [0.05, 0.1) is 18.4 Å². The SMILES string of the molecule is CC(C)Oc1ccc(CN2CC(N(CCc3noc(C4CCC4)n3)S(C)(=O)=O)C2)cc1. The number of nitrogens with zero attached hydrogens (tertiary/aromatic N) is 4. The Hall–Kier alpha value is -1.97. The standard InChI is InChI=1S/C22H32N4O4S/c1-16(2)29-20-9-7-17(8-10-20)13-25-14-19(15-25)26(31(3,27)28)12-11-21-23-22(30-24-21)18-5-4-6-18/h7-10,16,18-19H,4-6,11-15H2,1-3H3. The van der Waals surface area contributed by atoms with Crippen LogP contribution in [0.4, 0.5) is 0 Å². The van der Waals surface area contributed by atoms with E-state index in [1.54, 1.807) is 4.31 Å². The summed E-state index contributed by atoms with van der Waals surface area (Å²) in [4.78, 5) is 6.72. The van der Waals surface area contributed by atoms with Crippen LogP contribution in [-0.2, 0) is 23.0 Å². The third-order valence-electron chi connectivity index (χ3n) is 5.97. The van der Waals surface area contributed by atoms with Gasteiger partial charge < -0.3 is 9.26 Å². The van der Waals surface area contributed by atoms with Gasteiger partial charge in [-0.1, -0.05) is 23.7 Å². The lowest BCUT2D eigenvalue weighted by molar-refractivity contribution is 0.0730. The van der Waals surface area contributed by atoms with Gasteiger partial charge in [-0.05, 0) is 44.4 Å². The molecule has 0 N–H and O–H groups in total. The Bertz CT molecular complexity index is 964. The topological polar surface area (TPSA) is 88.8 Å². The molecule has 0 atom stereocenters. The molecule has 1 aliphatic carbocycles. The summed E-state index contributed by atoms with van der Waals surface area (Å²) in [5.74, 6) is 2.55. The van der Waals surface area contributed by atoms with E-state index in [1.165, 1.54) is 18.2 Å². The summed E-state index contributed by atoms with van der Waals surface area (Å²) in [5, 5.41) is 4.04.